The van der Waals surface area contributed by atoms with E-state index in [1.54, 1.807) is 4.90 Å². The van der Waals surface area contributed by atoms with Gasteiger partial charge in [0.05, 0.1) is 16.6 Å². The Labute approximate surface area is 320 Å². The van der Waals surface area contributed by atoms with E-state index in [2.05, 4.69) is 120 Å². The molecule has 0 N–H and O–H groups in total. The molecule has 6 aromatic rings. The van der Waals surface area contributed by atoms with Gasteiger partial charge in [-0.25, -0.2) is 9.48 Å². The molecule has 0 aliphatic carbocycles. The van der Waals surface area contributed by atoms with E-state index in [-0.39, 0.29) is 18.6 Å². The molecule has 0 unspecified atom stereocenters. The summed E-state index contributed by atoms with van der Waals surface area (Å²) in [5.74, 6) is 2.06. The lowest BCUT2D eigenvalue weighted by Gasteiger charge is -2.37. The summed E-state index contributed by atoms with van der Waals surface area (Å²) in [7, 11) is 0. The van der Waals surface area contributed by atoms with Crippen LogP contribution < -0.4 is 4.90 Å². The van der Waals surface area contributed by atoms with Crippen molar-refractivity contribution in [3.8, 4) is 0 Å². The van der Waals surface area contributed by atoms with Crippen LogP contribution in [-0.4, -0.2) is 57.8 Å². The van der Waals surface area contributed by atoms with Crippen molar-refractivity contribution in [2.75, 3.05) is 36.0 Å². The molecule has 54 heavy (non-hydrogen) atoms. The van der Waals surface area contributed by atoms with Gasteiger partial charge in [-0.3, -0.25) is 4.79 Å². The van der Waals surface area contributed by atoms with Crippen LogP contribution in [0.5, 0.6) is 0 Å². The fourth-order valence-corrected chi connectivity index (χ4v) is 9.55. The largest absolute Gasteiger partial charge is 0.445 e. The fourth-order valence-electron chi connectivity index (χ4n) is 8.70. The number of carbonyl (C=O) groups is 2. The molecule has 1 spiro atoms. The molecule has 0 bridgehead atoms. The van der Waals surface area contributed by atoms with Crippen LogP contribution in [0.25, 0.3) is 16.5 Å². The smallest absolute Gasteiger partial charge is 0.410 e. The van der Waals surface area contributed by atoms with Crippen molar-refractivity contribution in [2.24, 2.45) is 5.41 Å². The Morgan fingerprint density at radius 2 is 1.39 bits per heavy atom. The van der Waals surface area contributed by atoms with E-state index < -0.39 is 11.0 Å². The molecule has 5 aromatic carbocycles. The van der Waals surface area contributed by atoms with Crippen molar-refractivity contribution in [1.29, 1.82) is 0 Å². The maximum Gasteiger partial charge on any atom is 0.410 e. The Hall–Kier alpha value is -5.60. The zero-order valence-corrected chi connectivity index (χ0v) is 31.0. The SMILES string of the molecule is O=C(OCc1ccccc1)N1CC[C@]2(CCN(c3ccc4c(c3)c(C3=CCSCC3)nn4C(c3ccccc3)(c3ccccc3)c3ccccc3)C2=O)C1. The third-order valence-corrected chi connectivity index (χ3v) is 12.4. The predicted octanol–water partition coefficient (Wildman–Crippen LogP) is 9.16. The van der Waals surface area contributed by atoms with E-state index in [1.807, 2.05) is 47.0 Å². The summed E-state index contributed by atoms with van der Waals surface area (Å²) in [5.41, 5.74) is 6.96. The highest BCUT2D eigenvalue weighted by Gasteiger charge is 2.52. The summed E-state index contributed by atoms with van der Waals surface area (Å²) in [6.45, 7) is 1.70. The first kappa shape index (κ1) is 34.2. The Morgan fingerprint density at radius 1 is 0.778 bits per heavy atom. The summed E-state index contributed by atoms with van der Waals surface area (Å²) in [6.07, 6.45) is 4.21. The molecule has 3 aliphatic heterocycles. The number of hydrogen-bond donors (Lipinski definition) is 0. The minimum Gasteiger partial charge on any atom is -0.445 e. The molecular weight excluding hydrogens is 689 g/mol. The van der Waals surface area contributed by atoms with E-state index in [0.717, 1.165) is 62.5 Å². The number of benzene rings is 5. The molecule has 3 aliphatic rings. The summed E-state index contributed by atoms with van der Waals surface area (Å²) in [6, 6.07) is 48.1. The Kier molecular flexibility index (Phi) is 9.07. The molecule has 2 saturated heterocycles. The molecular formula is C46H42N4O3S. The van der Waals surface area contributed by atoms with Crippen molar-refractivity contribution in [2.45, 2.75) is 31.4 Å². The van der Waals surface area contributed by atoms with Gasteiger partial charge in [0.25, 0.3) is 0 Å². The zero-order valence-electron chi connectivity index (χ0n) is 30.1. The van der Waals surface area contributed by atoms with Crippen molar-refractivity contribution in [3.05, 3.63) is 174 Å². The first-order chi connectivity index (χ1) is 26.6. The quantitative estimate of drug-likeness (QED) is 0.146. The number of ether oxygens (including phenoxy) is 1. The highest BCUT2D eigenvalue weighted by Crippen LogP contribution is 2.46. The molecule has 9 rings (SSSR count). The van der Waals surface area contributed by atoms with Gasteiger partial charge in [0, 0.05) is 36.5 Å². The lowest BCUT2D eigenvalue weighted by atomic mass is 9.77. The first-order valence-electron chi connectivity index (χ1n) is 18.8. The number of carbonyl (C=O) groups excluding carboxylic acids is 2. The van der Waals surface area contributed by atoms with Gasteiger partial charge in [0.15, 0.2) is 0 Å². The number of nitrogens with zero attached hydrogens (tertiary/aromatic N) is 4. The number of likely N-dealkylation sites (tertiary alicyclic amines) is 1. The number of hydrogen-bond acceptors (Lipinski definition) is 5. The Balaban J connectivity index is 1.12. The number of aromatic nitrogens is 2. The molecule has 4 heterocycles. The standard InChI is InChI=1S/C46H42N4O3S/c51-43-45(25-27-48(33-45)44(52)53-32-34-13-5-1-6-14-34)26-28-49(43)39-21-22-41-40(31-39)42(35-23-29-54-30-24-35)47-50(41)46(36-15-7-2-8-16-36,37-17-9-3-10-18-37)38-19-11-4-12-20-38/h1-23,31H,24-30,32-33H2/t45-/m0/s1. The maximum absolute atomic E-state index is 14.4. The van der Waals surface area contributed by atoms with Crippen LogP contribution in [0, 0.1) is 5.41 Å². The van der Waals surface area contributed by atoms with Gasteiger partial charge in [-0.1, -0.05) is 127 Å². The minimum absolute atomic E-state index is 0.0784. The van der Waals surface area contributed by atoms with Gasteiger partial charge in [0.2, 0.25) is 5.91 Å². The van der Waals surface area contributed by atoms with E-state index in [0.29, 0.717) is 32.5 Å². The number of allylic oxidation sites excluding steroid dienone is 1. The number of fused-ring (bicyclic) bond motifs is 1. The molecule has 1 aromatic heterocycles. The van der Waals surface area contributed by atoms with Gasteiger partial charge in [0.1, 0.15) is 12.1 Å². The molecule has 270 valence electrons. The number of thioether (sulfide) groups is 1. The van der Waals surface area contributed by atoms with E-state index in [9.17, 15) is 9.59 Å². The van der Waals surface area contributed by atoms with Crippen LogP contribution in [0.3, 0.4) is 0 Å². The topological polar surface area (TPSA) is 67.7 Å². The monoisotopic (exact) mass is 730 g/mol. The summed E-state index contributed by atoms with van der Waals surface area (Å²) in [5, 5.41) is 6.65. The highest BCUT2D eigenvalue weighted by molar-refractivity contribution is 7.99. The van der Waals surface area contributed by atoms with Crippen LogP contribution in [0.4, 0.5) is 10.5 Å². The van der Waals surface area contributed by atoms with Gasteiger partial charge in [-0.15, -0.1) is 0 Å². The lowest BCUT2D eigenvalue weighted by molar-refractivity contribution is -0.124. The van der Waals surface area contributed by atoms with Crippen LogP contribution in [0.2, 0.25) is 0 Å². The maximum atomic E-state index is 14.4. The van der Waals surface area contributed by atoms with Gasteiger partial charge >= 0.3 is 6.09 Å². The molecule has 2 fully saturated rings. The Morgan fingerprint density at radius 3 is 2.00 bits per heavy atom. The normalized spacial score (nSPS) is 18.7. The number of amides is 2. The number of anilines is 1. The molecule has 2 amide bonds. The van der Waals surface area contributed by atoms with Gasteiger partial charge in [-0.05, 0) is 71.0 Å². The predicted molar refractivity (Wildman–Crippen MR) is 216 cm³/mol. The molecule has 7 nitrogen and oxygen atoms in total. The van der Waals surface area contributed by atoms with Crippen molar-refractivity contribution >= 4 is 45.9 Å². The molecule has 0 radical (unpaired) electrons. The van der Waals surface area contributed by atoms with Crippen molar-refractivity contribution < 1.29 is 14.3 Å². The summed E-state index contributed by atoms with van der Waals surface area (Å²) in [4.78, 5) is 31.2. The average Bonchev–Trinajstić information content (AvgIpc) is 3.95. The van der Waals surface area contributed by atoms with Crippen LogP contribution in [0.1, 0.15) is 47.2 Å². The number of rotatable bonds is 8. The van der Waals surface area contributed by atoms with E-state index in [4.69, 9.17) is 9.84 Å². The minimum atomic E-state index is -0.776. The molecule has 1 atom stereocenters. The first-order valence-corrected chi connectivity index (χ1v) is 20.0. The van der Waals surface area contributed by atoms with Crippen LogP contribution in [0.15, 0.2) is 146 Å². The third kappa shape index (κ3) is 5.89. The van der Waals surface area contributed by atoms with E-state index >= 15 is 0 Å². The average molecular weight is 731 g/mol. The fraction of sp³-hybridized carbons (Fsp3) is 0.239. The molecule has 0 saturated carbocycles. The van der Waals surface area contributed by atoms with Gasteiger partial charge < -0.3 is 14.5 Å². The van der Waals surface area contributed by atoms with Crippen molar-refractivity contribution in [1.82, 2.24) is 14.7 Å². The Bertz CT molecular complexity index is 2230. The lowest BCUT2D eigenvalue weighted by Crippen LogP contribution is -2.39. The summed E-state index contributed by atoms with van der Waals surface area (Å²) >= 11 is 1.94. The zero-order chi connectivity index (χ0) is 36.5. The second-order valence-electron chi connectivity index (χ2n) is 14.5. The molecule has 8 heteroatoms. The van der Waals surface area contributed by atoms with Crippen LogP contribution in [-0.2, 0) is 21.7 Å². The second-order valence-corrected chi connectivity index (χ2v) is 15.7. The third-order valence-electron chi connectivity index (χ3n) is 11.5. The van der Waals surface area contributed by atoms with Crippen LogP contribution >= 0.6 is 11.8 Å². The summed E-state index contributed by atoms with van der Waals surface area (Å²) < 4.78 is 7.88. The van der Waals surface area contributed by atoms with Crippen molar-refractivity contribution in [3.63, 3.8) is 0 Å². The second kappa shape index (κ2) is 14.3. The van der Waals surface area contributed by atoms with Gasteiger partial charge in [-0.2, -0.15) is 16.9 Å². The van der Waals surface area contributed by atoms with E-state index in [1.165, 1.54) is 5.57 Å². The highest BCUT2D eigenvalue weighted by atomic mass is 32.2.